The first kappa shape index (κ1) is 16.8. The van der Waals surface area contributed by atoms with Gasteiger partial charge in [0.25, 0.3) is 5.56 Å². The average molecular weight is 359 g/mol. The number of para-hydroxylation sites is 1. The molecule has 0 bridgehead atoms. The predicted octanol–water partition coefficient (Wildman–Crippen LogP) is 3.10. The molecule has 134 valence electrons. The quantitative estimate of drug-likeness (QED) is 0.737. The second-order valence-corrected chi connectivity index (χ2v) is 6.48. The second-order valence-electron chi connectivity index (χ2n) is 6.48. The fourth-order valence-corrected chi connectivity index (χ4v) is 3.08. The van der Waals surface area contributed by atoms with Crippen LogP contribution in [-0.2, 0) is 0 Å². The molecule has 27 heavy (non-hydrogen) atoms. The first-order chi connectivity index (χ1) is 13.0. The highest BCUT2D eigenvalue weighted by molar-refractivity contribution is 6.21. The van der Waals surface area contributed by atoms with E-state index in [9.17, 15) is 14.7 Å². The third-order valence-corrected chi connectivity index (χ3v) is 4.73. The molecular weight excluding hydrogens is 342 g/mol. The largest absolute Gasteiger partial charge is 0.494 e. The van der Waals surface area contributed by atoms with Crippen LogP contribution in [0.2, 0.25) is 0 Å². The van der Waals surface area contributed by atoms with Crippen LogP contribution in [0.15, 0.2) is 57.0 Å². The van der Waals surface area contributed by atoms with Crippen LogP contribution >= 0.6 is 0 Å². The number of hydrogen-bond acceptors (Lipinski definition) is 4. The van der Waals surface area contributed by atoms with E-state index >= 15 is 0 Å². The molecule has 4 rings (SSSR count). The minimum atomic E-state index is -0.691. The molecule has 2 aromatic carbocycles. The van der Waals surface area contributed by atoms with Gasteiger partial charge in [-0.3, -0.25) is 14.8 Å². The van der Waals surface area contributed by atoms with E-state index in [0.717, 1.165) is 26.9 Å². The van der Waals surface area contributed by atoms with Crippen molar-refractivity contribution < 1.29 is 5.11 Å². The molecule has 6 heteroatoms. The van der Waals surface area contributed by atoms with Gasteiger partial charge in [0, 0.05) is 17.4 Å². The summed E-state index contributed by atoms with van der Waals surface area (Å²) in [5, 5.41) is 10.7. The summed E-state index contributed by atoms with van der Waals surface area (Å²) in [5.41, 5.74) is 3.53. The minimum absolute atomic E-state index is 0.00554. The number of aryl methyl sites for hydroxylation is 2. The number of nitrogens with zero attached hydrogens (tertiary/aromatic N) is 2. The predicted molar refractivity (Wildman–Crippen MR) is 106 cm³/mol. The molecule has 6 nitrogen and oxygen atoms in total. The molecule has 1 aliphatic rings. The Hall–Kier alpha value is -3.67. The van der Waals surface area contributed by atoms with Crippen molar-refractivity contribution in [3.8, 4) is 11.6 Å². The Morgan fingerprint density at radius 3 is 2.63 bits per heavy atom. The monoisotopic (exact) mass is 359 g/mol. The van der Waals surface area contributed by atoms with Gasteiger partial charge in [0.15, 0.2) is 0 Å². The van der Waals surface area contributed by atoms with Crippen molar-refractivity contribution in [1.82, 2.24) is 9.55 Å². The number of hydrogen-bond donors (Lipinski definition) is 2. The average Bonchev–Trinajstić information content (AvgIpc) is 3.04. The summed E-state index contributed by atoms with van der Waals surface area (Å²) in [6.45, 7) is 3.88. The summed E-state index contributed by atoms with van der Waals surface area (Å²) in [4.78, 5) is 31.3. The SMILES string of the molecule is Cc1ccc(-n2c(O)c(C=C3C=Nc4ccccc43)c(=O)[nH]c2=O)cc1C. The van der Waals surface area contributed by atoms with E-state index in [1.165, 1.54) is 0 Å². The number of nitrogens with one attached hydrogen (secondary N) is 1. The standard InChI is InChI=1S/C21H17N3O3/c1-12-7-8-15(9-13(12)2)24-20(26)17(19(25)23-21(24)27)10-14-11-22-18-6-4-3-5-16(14)18/h3-11,26H,1-2H3,(H,23,25,27). The normalized spacial score (nSPS) is 13.9. The van der Waals surface area contributed by atoms with Gasteiger partial charge in [-0.2, -0.15) is 0 Å². The first-order valence-electron chi connectivity index (χ1n) is 8.47. The number of rotatable bonds is 2. The van der Waals surface area contributed by atoms with Crippen LogP contribution < -0.4 is 11.2 Å². The van der Waals surface area contributed by atoms with Crippen molar-refractivity contribution >= 4 is 23.6 Å². The summed E-state index contributed by atoms with van der Waals surface area (Å²) in [7, 11) is 0. The number of aromatic amines is 1. The molecule has 0 radical (unpaired) electrons. The molecule has 1 aliphatic heterocycles. The van der Waals surface area contributed by atoms with Gasteiger partial charge in [0.05, 0.1) is 11.4 Å². The van der Waals surface area contributed by atoms with Crippen molar-refractivity contribution in [3.05, 3.63) is 85.6 Å². The van der Waals surface area contributed by atoms with Crippen LogP contribution in [0.25, 0.3) is 17.3 Å². The molecule has 2 heterocycles. The van der Waals surface area contributed by atoms with Gasteiger partial charge in [-0.05, 0) is 49.2 Å². The van der Waals surface area contributed by atoms with Gasteiger partial charge in [0.1, 0.15) is 5.56 Å². The molecule has 0 saturated heterocycles. The van der Waals surface area contributed by atoms with Gasteiger partial charge in [-0.1, -0.05) is 24.3 Å². The summed E-state index contributed by atoms with van der Waals surface area (Å²) >= 11 is 0. The number of H-pyrrole nitrogens is 1. The van der Waals surface area contributed by atoms with E-state index in [1.807, 2.05) is 44.2 Å². The van der Waals surface area contributed by atoms with Crippen molar-refractivity contribution in [3.63, 3.8) is 0 Å². The van der Waals surface area contributed by atoms with Crippen molar-refractivity contribution in [2.75, 3.05) is 0 Å². The molecule has 0 spiro atoms. The van der Waals surface area contributed by atoms with E-state index < -0.39 is 17.1 Å². The van der Waals surface area contributed by atoms with Crippen molar-refractivity contribution in [2.45, 2.75) is 13.8 Å². The molecule has 1 aromatic heterocycles. The minimum Gasteiger partial charge on any atom is -0.494 e. The summed E-state index contributed by atoms with van der Waals surface area (Å²) < 4.78 is 1.10. The molecule has 0 unspecified atom stereocenters. The van der Waals surface area contributed by atoms with Crippen molar-refractivity contribution in [1.29, 1.82) is 0 Å². The maximum Gasteiger partial charge on any atom is 0.335 e. The first-order valence-corrected chi connectivity index (χ1v) is 8.47. The summed E-state index contributed by atoms with van der Waals surface area (Å²) in [5.74, 6) is -0.405. The Kier molecular flexibility index (Phi) is 3.88. The number of fused-ring (bicyclic) bond motifs is 1. The van der Waals surface area contributed by atoms with E-state index in [-0.39, 0.29) is 5.56 Å². The topological polar surface area (TPSA) is 87.4 Å². The number of aliphatic imine (C=N–C) groups is 1. The Morgan fingerprint density at radius 2 is 1.85 bits per heavy atom. The molecule has 0 aliphatic carbocycles. The second kappa shape index (κ2) is 6.25. The zero-order chi connectivity index (χ0) is 19.1. The fourth-order valence-electron chi connectivity index (χ4n) is 3.08. The van der Waals surface area contributed by atoms with E-state index in [1.54, 1.807) is 24.4 Å². The molecule has 0 atom stereocenters. The molecule has 3 aromatic rings. The highest BCUT2D eigenvalue weighted by Gasteiger charge is 2.17. The lowest BCUT2D eigenvalue weighted by molar-refractivity contribution is 0.429. The molecule has 0 fully saturated rings. The third-order valence-electron chi connectivity index (χ3n) is 4.73. The van der Waals surface area contributed by atoms with Crippen LogP contribution in [0, 0.1) is 13.8 Å². The third kappa shape index (κ3) is 2.81. The van der Waals surface area contributed by atoms with Crippen LogP contribution in [0.4, 0.5) is 5.69 Å². The Balaban J connectivity index is 1.92. The molecule has 0 saturated carbocycles. The van der Waals surface area contributed by atoms with Crippen LogP contribution in [0.1, 0.15) is 22.3 Å². The number of aromatic hydroxyl groups is 1. The zero-order valence-corrected chi connectivity index (χ0v) is 14.9. The number of allylic oxidation sites excluding steroid dienone is 1. The fraction of sp³-hybridized carbons (Fsp3) is 0.0952. The van der Waals surface area contributed by atoms with Gasteiger partial charge in [-0.25, -0.2) is 9.36 Å². The number of aromatic nitrogens is 2. The summed E-state index contributed by atoms with van der Waals surface area (Å²) in [6, 6.07) is 12.9. The van der Waals surface area contributed by atoms with Gasteiger partial charge >= 0.3 is 5.69 Å². The summed E-state index contributed by atoms with van der Waals surface area (Å²) in [6.07, 6.45) is 3.18. The van der Waals surface area contributed by atoms with Crippen LogP contribution in [-0.4, -0.2) is 20.9 Å². The van der Waals surface area contributed by atoms with Crippen LogP contribution in [0.5, 0.6) is 5.88 Å². The van der Waals surface area contributed by atoms with E-state index in [2.05, 4.69) is 9.98 Å². The number of benzene rings is 2. The maximum absolute atomic E-state index is 12.3. The zero-order valence-electron chi connectivity index (χ0n) is 14.9. The lowest BCUT2D eigenvalue weighted by Gasteiger charge is -2.12. The Bertz CT molecular complexity index is 1250. The van der Waals surface area contributed by atoms with Gasteiger partial charge in [0.2, 0.25) is 5.88 Å². The van der Waals surface area contributed by atoms with Gasteiger partial charge in [-0.15, -0.1) is 0 Å². The van der Waals surface area contributed by atoms with Crippen molar-refractivity contribution in [2.24, 2.45) is 4.99 Å². The van der Waals surface area contributed by atoms with Gasteiger partial charge < -0.3 is 5.11 Å². The highest BCUT2D eigenvalue weighted by Crippen LogP contribution is 2.32. The Labute approximate surface area is 154 Å². The maximum atomic E-state index is 12.3. The lowest BCUT2D eigenvalue weighted by Crippen LogP contribution is -2.30. The molecular formula is C21H17N3O3. The van der Waals surface area contributed by atoms with E-state index in [4.69, 9.17) is 0 Å². The molecule has 0 amide bonds. The van der Waals surface area contributed by atoms with E-state index in [0.29, 0.717) is 11.3 Å². The van der Waals surface area contributed by atoms with Crippen LogP contribution in [0.3, 0.4) is 0 Å². The lowest BCUT2D eigenvalue weighted by atomic mass is 10.1. The Morgan fingerprint density at radius 1 is 1.07 bits per heavy atom. The molecule has 2 N–H and O–H groups in total. The highest BCUT2D eigenvalue weighted by atomic mass is 16.3. The smallest absolute Gasteiger partial charge is 0.335 e.